The van der Waals surface area contributed by atoms with Crippen LogP contribution in [-0.4, -0.2) is 36.5 Å². The average Bonchev–Trinajstić information content (AvgIpc) is 3.20. The topological polar surface area (TPSA) is 87.0 Å². The Kier molecular flexibility index (Phi) is 8.14. The van der Waals surface area contributed by atoms with Crippen molar-refractivity contribution in [3.05, 3.63) is 96.2 Å². The lowest BCUT2D eigenvalue weighted by atomic mass is 9.96. The SMILES string of the molecule is COC(=O)c1ccc(C=c2sc3n(c2=O)C(c2ccc(SC)cc2)C(C(=O)OCC(C)C)=C(C)N=3)cc1. The van der Waals surface area contributed by atoms with Crippen LogP contribution >= 0.6 is 23.1 Å². The summed E-state index contributed by atoms with van der Waals surface area (Å²) in [4.78, 5) is 44.9. The number of carbonyl (C=O) groups is 2. The summed E-state index contributed by atoms with van der Waals surface area (Å²) in [7, 11) is 1.33. The molecule has 0 bridgehead atoms. The van der Waals surface area contributed by atoms with Crippen molar-refractivity contribution in [3.63, 3.8) is 0 Å². The molecule has 0 N–H and O–H groups in total. The van der Waals surface area contributed by atoms with Crippen LogP contribution in [0.5, 0.6) is 0 Å². The Balaban J connectivity index is 1.84. The second kappa shape index (κ2) is 11.3. The minimum Gasteiger partial charge on any atom is -0.465 e. The summed E-state index contributed by atoms with van der Waals surface area (Å²) in [5.74, 6) is -0.719. The number of thiazole rings is 1. The van der Waals surface area contributed by atoms with Gasteiger partial charge in [0.15, 0.2) is 4.80 Å². The second-order valence-corrected chi connectivity index (χ2v) is 10.8. The molecule has 4 rings (SSSR count). The summed E-state index contributed by atoms with van der Waals surface area (Å²) in [5, 5.41) is 0. The van der Waals surface area contributed by atoms with Crippen LogP contribution in [0.3, 0.4) is 0 Å². The number of fused-ring (bicyclic) bond motifs is 1. The van der Waals surface area contributed by atoms with Crippen molar-refractivity contribution < 1.29 is 19.1 Å². The van der Waals surface area contributed by atoms with Crippen molar-refractivity contribution >= 4 is 41.1 Å². The Morgan fingerprint density at radius 3 is 2.38 bits per heavy atom. The largest absolute Gasteiger partial charge is 0.465 e. The number of carbonyl (C=O) groups excluding carboxylic acids is 2. The van der Waals surface area contributed by atoms with Gasteiger partial charge in [0, 0.05) is 4.90 Å². The molecule has 0 aliphatic carbocycles. The van der Waals surface area contributed by atoms with Gasteiger partial charge in [0.1, 0.15) is 0 Å². The van der Waals surface area contributed by atoms with E-state index in [1.807, 2.05) is 44.4 Å². The van der Waals surface area contributed by atoms with Crippen molar-refractivity contribution in [2.45, 2.75) is 31.7 Å². The number of nitrogens with zero attached hydrogens (tertiary/aromatic N) is 2. The van der Waals surface area contributed by atoms with Gasteiger partial charge >= 0.3 is 11.9 Å². The van der Waals surface area contributed by atoms with Crippen molar-refractivity contribution in [1.29, 1.82) is 0 Å². The maximum atomic E-state index is 13.7. The molecule has 7 nitrogen and oxygen atoms in total. The van der Waals surface area contributed by atoms with Crippen molar-refractivity contribution in [1.82, 2.24) is 4.57 Å². The zero-order valence-corrected chi connectivity index (χ0v) is 22.9. The Labute approximate surface area is 223 Å². The van der Waals surface area contributed by atoms with E-state index in [2.05, 4.69) is 4.99 Å². The number of benzene rings is 2. The third kappa shape index (κ3) is 5.62. The van der Waals surface area contributed by atoms with Crippen LogP contribution in [-0.2, 0) is 14.3 Å². The maximum Gasteiger partial charge on any atom is 0.338 e. The number of hydrogen-bond donors (Lipinski definition) is 0. The smallest absolute Gasteiger partial charge is 0.338 e. The fourth-order valence-corrected chi connectivity index (χ4v) is 5.44. The van der Waals surface area contributed by atoms with Gasteiger partial charge < -0.3 is 9.47 Å². The molecule has 1 aliphatic rings. The fourth-order valence-electron chi connectivity index (χ4n) is 3.99. The lowest BCUT2D eigenvalue weighted by Crippen LogP contribution is -2.40. The van der Waals surface area contributed by atoms with E-state index in [9.17, 15) is 14.4 Å². The summed E-state index contributed by atoms with van der Waals surface area (Å²) < 4.78 is 12.4. The Morgan fingerprint density at radius 1 is 1.11 bits per heavy atom. The Morgan fingerprint density at radius 2 is 1.78 bits per heavy atom. The summed E-state index contributed by atoms with van der Waals surface area (Å²) in [6.07, 6.45) is 3.75. The predicted octanol–water partition coefficient (Wildman–Crippen LogP) is 3.94. The molecule has 0 saturated carbocycles. The van der Waals surface area contributed by atoms with Gasteiger partial charge in [-0.1, -0.05) is 49.4 Å². The highest BCUT2D eigenvalue weighted by molar-refractivity contribution is 7.98. The van der Waals surface area contributed by atoms with Crippen molar-refractivity contribution in [3.8, 4) is 0 Å². The summed E-state index contributed by atoms with van der Waals surface area (Å²) in [6, 6.07) is 14.0. The summed E-state index contributed by atoms with van der Waals surface area (Å²) >= 11 is 2.88. The monoisotopic (exact) mass is 536 g/mol. The molecule has 1 atom stereocenters. The third-order valence-corrected chi connectivity index (χ3v) is 7.58. The molecule has 0 amide bonds. The first-order valence-electron chi connectivity index (χ1n) is 11.8. The highest BCUT2D eigenvalue weighted by Crippen LogP contribution is 2.31. The van der Waals surface area contributed by atoms with Gasteiger partial charge in [-0.05, 0) is 60.6 Å². The lowest BCUT2D eigenvalue weighted by molar-refractivity contribution is -0.140. The first-order valence-corrected chi connectivity index (χ1v) is 13.8. The van der Waals surface area contributed by atoms with E-state index < -0.39 is 18.0 Å². The first kappa shape index (κ1) is 26.6. The molecule has 1 unspecified atom stereocenters. The van der Waals surface area contributed by atoms with Crippen LogP contribution in [0.1, 0.15) is 48.3 Å². The molecule has 37 heavy (non-hydrogen) atoms. The van der Waals surface area contributed by atoms with Crippen molar-refractivity contribution in [2.75, 3.05) is 20.0 Å². The highest BCUT2D eigenvalue weighted by Gasteiger charge is 2.33. The molecule has 0 saturated heterocycles. The average molecular weight is 537 g/mol. The van der Waals surface area contributed by atoms with Gasteiger partial charge in [-0.25, -0.2) is 14.6 Å². The lowest BCUT2D eigenvalue weighted by Gasteiger charge is -2.25. The molecular weight excluding hydrogens is 508 g/mol. The van der Waals surface area contributed by atoms with Crippen LogP contribution in [0, 0.1) is 5.92 Å². The maximum absolute atomic E-state index is 13.7. The van der Waals surface area contributed by atoms with E-state index in [0.717, 1.165) is 16.0 Å². The Bertz CT molecular complexity index is 1530. The van der Waals surface area contributed by atoms with Crippen LogP contribution < -0.4 is 14.9 Å². The normalized spacial score (nSPS) is 15.4. The molecule has 0 radical (unpaired) electrons. The summed E-state index contributed by atoms with van der Waals surface area (Å²) in [5.41, 5.74) is 2.63. The molecule has 0 spiro atoms. The van der Waals surface area contributed by atoms with E-state index >= 15 is 0 Å². The fraction of sp³-hybridized carbons (Fsp3) is 0.286. The standard InChI is InChI=1S/C28H28N2O5S2/c1-16(2)15-35-27(33)23-17(3)29-28-30(24(23)19-10-12-21(36-5)13-11-19)25(31)22(37-28)14-18-6-8-20(9-7-18)26(32)34-4/h6-14,16,24H,15H2,1-5H3. The Hall–Kier alpha value is -3.43. The predicted molar refractivity (Wildman–Crippen MR) is 146 cm³/mol. The number of hydrogen-bond acceptors (Lipinski definition) is 8. The number of aromatic nitrogens is 1. The van der Waals surface area contributed by atoms with E-state index in [0.29, 0.717) is 26.2 Å². The van der Waals surface area contributed by atoms with E-state index in [1.54, 1.807) is 53.6 Å². The van der Waals surface area contributed by atoms with Crippen LogP contribution in [0.2, 0.25) is 0 Å². The minimum absolute atomic E-state index is 0.177. The molecule has 0 fully saturated rings. The molecule has 1 aromatic heterocycles. The number of esters is 2. The van der Waals surface area contributed by atoms with Gasteiger partial charge in [-0.2, -0.15) is 0 Å². The second-order valence-electron chi connectivity index (χ2n) is 8.96. The molecule has 1 aliphatic heterocycles. The minimum atomic E-state index is -0.657. The molecule has 3 aromatic rings. The van der Waals surface area contributed by atoms with Crippen LogP contribution in [0.4, 0.5) is 0 Å². The number of thioether (sulfide) groups is 1. The number of ether oxygens (including phenoxy) is 2. The first-order chi connectivity index (χ1) is 17.7. The molecule has 192 valence electrons. The number of rotatable bonds is 7. The molecular formula is C28H28N2O5S2. The van der Waals surface area contributed by atoms with Crippen LogP contribution in [0.15, 0.2) is 74.5 Å². The molecule has 2 heterocycles. The van der Waals surface area contributed by atoms with Gasteiger partial charge in [-0.15, -0.1) is 11.8 Å². The van der Waals surface area contributed by atoms with Gasteiger partial charge in [0.05, 0.1) is 41.1 Å². The molecule has 9 heteroatoms. The quantitative estimate of drug-likeness (QED) is 0.336. The van der Waals surface area contributed by atoms with Crippen LogP contribution in [0.25, 0.3) is 6.08 Å². The summed E-state index contributed by atoms with van der Waals surface area (Å²) in [6.45, 7) is 6.00. The van der Waals surface area contributed by atoms with Gasteiger partial charge in [-0.3, -0.25) is 9.36 Å². The zero-order valence-electron chi connectivity index (χ0n) is 21.3. The third-order valence-electron chi connectivity index (χ3n) is 5.85. The van der Waals surface area contributed by atoms with E-state index in [-0.39, 0.29) is 18.1 Å². The number of methoxy groups -OCH3 is 1. The van der Waals surface area contributed by atoms with E-state index in [4.69, 9.17) is 9.47 Å². The van der Waals surface area contributed by atoms with Crippen molar-refractivity contribution in [2.24, 2.45) is 10.9 Å². The van der Waals surface area contributed by atoms with Gasteiger partial charge in [0.25, 0.3) is 5.56 Å². The van der Waals surface area contributed by atoms with Gasteiger partial charge in [0.2, 0.25) is 0 Å². The molecule has 2 aromatic carbocycles. The highest BCUT2D eigenvalue weighted by atomic mass is 32.2. The number of allylic oxidation sites excluding steroid dienone is 1. The zero-order chi connectivity index (χ0) is 26.7. The van der Waals surface area contributed by atoms with E-state index in [1.165, 1.54) is 18.4 Å².